The van der Waals surface area contributed by atoms with Crippen molar-refractivity contribution in [2.75, 3.05) is 37.8 Å². The molecule has 1 saturated heterocycles. The number of carboxylic acid groups (broad SMARTS) is 1. The molecule has 8 heteroatoms. The molecule has 1 amide bonds. The lowest BCUT2D eigenvalue weighted by molar-refractivity contribution is -0.143. The maximum Gasteiger partial charge on any atom is 0.326 e. The van der Waals surface area contributed by atoms with E-state index in [0.29, 0.717) is 18.4 Å². The maximum absolute atomic E-state index is 13.2. The van der Waals surface area contributed by atoms with E-state index in [1.165, 1.54) is 0 Å². The molecule has 3 rings (SSSR count). The van der Waals surface area contributed by atoms with Crippen molar-refractivity contribution in [1.29, 1.82) is 0 Å². The molecular weight excluding hydrogens is 389 g/mol. The fourth-order valence-electron chi connectivity index (χ4n) is 3.78. The highest BCUT2D eigenvalue weighted by molar-refractivity contribution is 5.95. The minimum atomic E-state index is -1.13. The molecular formula is C22H32FN3O4. The number of hydrogen-bond donors (Lipinski definition) is 1. The zero-order valence-corrected chi connectivity index (χ0v) is 17.8. The number of carboxylic acids is 1. The van der Waals surface area contributed by atoms with Crippen LogP contribution in [0.3, 0.4) is 0 Å². The number of aliphatic carboxylic acids is 1. The lowest BCUT2D eigenvalue weighted by Gasteiger charge is -2.29. The SMILES string of the molecule is CC(C)CC(C(=O)O)N(CCF)C(=O)c1ccc(N2CCCC2)c(OCC2CC2)n1. The van der Waals surface area contributed by atoms with Crippen LogP contribution in [0.25, 0.3) is 0 Å². The van der Waals surface area contributed by atoms with Crippen molar-refractivity contribution in [3.05, 3.63) is 17.8 Å². The van der Waals surface area contributed by atoms with Crippen LogP contribution in [-0.4, -0.2) is 65.8 Å². The van der Waals surface area contributed by atoms with Gasteiger partial charge in [0.2, 0.25) is 5.88 Å². The predicted molar refractivity (Wildman–Crippen MR) is 112 cm³/mol. The molecule has 2 aliphatic rings. The Bertz CT molecular complexity index is 748. The Kier molecular flexibility index (Phi) is 7.50. The first-order valence-corrected chi connectivity index (χ1v) is 10.9. The molecule has 1 aromatic heterocycles. The normalized spacial score (nSPS) is 17.3. The summed E-state index contributed by atoms with van der Waals surface area (Å²) in [5, 5.41) is 9.64. The number of nitrogens with zero attached hydrogens (tertiary/aromatic N) is 3. The first-order valence-electron chi connectivity index (χ1n) is 10.9. The van der Waals surface area contributed by atoms with E-state index in [-0.39, 0.29) is 24.6 Å². The Morgan fingerprint density at radius 3 is 2.57 bits per heavy atom. The Labute approximate surface area is 177 Å². The molecule has 30 heavy (non-hydrogen) atoms. The van der Waals surface area contributed by atoms with Gasteiger partial charge in [0, 0.05) is 13.1 Å². The number of aromatic nitrogens is 1. The molecule has 0 spiro atoms. The quantitative estimate of drug-likeness (QED) is 0.590. The van der Waals surface area contributed by atoms with E-state index in [2.05, 4.69) is 9.88 Å². The van der Waals surface area contributed by atoms with Crippen molar-refractivity contribution in [2.24, 2.45) is 11.8 Å². The van der Waals surface area contributed by atoms with Gasteiger partial charge < -0.3 is 19.6 Å². The summed E-state index contributed by atoms with van der Waals surface area (Å²) < 4.78 is 19.2. The van der Waals surface area contributed by atoms with Gasteiger partial charge in [-0.25, -0.2) is 14.2 Å². The average Bonchev–Trinajstić information content (AvgIpc) is 3.39. The van der Waals surface area contributed by atoms with Crippen LogP contribution in [0.4, 0.5) is 10.1 Å². The van der Waals surface area contributed by atoms with E-state index >= 15 is 0 Å². The molecule has 1 aliphatic carbocycles. The molecule has 1 aliphatic heterocycles. The van der Waals surface area contributed by atoms with Crippen molar-refractivity contribution >= 4 is 17.6 Å². The summed E-state index contributed by atoms with van der Waals surface area (Å²) in [6.07, 6.45) is 4.72. The number of carbonyl (C=O) groups is 2. The molecule has 1 N–H and O–H groups in total. The number of ether oxygens (including phenoxy) is 1. The number of carbonyl (C=O) groups excluding carboxylic acids is 1. The Morgan fingerprint density at radius 2 is 2.00 bits per heavy atom. The van der Waals surface area contributed by atoms with Gasteiger partial charge in [-0.2, -0.15) is 0 Å². The molecule has 2 heterocycles. The minimum Gasteiger partial charge on any atom is -0.480 e. The number of amides is 1. The first kappa shape index (κ1) is 22.3. The largest absolute Gasteiger partial charge is 0.480 e. The molecule has 1 atom stereocenters. The summed E-state index contributed by atoms with van der Waals surface area (Å²) >= 11 is 0. The monoisotopic (exact) mass is 421 g/mol. The third-order valence-electron chi connectivity index (χ3n) is 5.60. The average molecular weight is 422 g/mol. The first-order chi connectivity index (χ1) is 14.4. The van der Waals surface area contributed by atoms with Crippen LogP contribution in [0.5, 0.6) is 5.88 Å². The van der Waals surface area contributed by atoms with Gasteiger partial charge in [-0.15, -0.1) is 0 Å². The van der Waals surface area contributed by atoms with Gasteiger partial charge >= 0.3 is 5.97 Å². The van der Waals surface area contributed by atoms with Gasteiger partial charge in [0.1, 0.15) is 18.4 Å². The van der Waals surface area contributed by atoms with Crippen LogP contribution in [-0.2, 0) is 4.79 Å². The molecule has 1 saturated carbocycles. The molecule has 166 valence electrons. The fourth-order valence-corrected chi connectivity index (χ4v) is 3.78. The van der Waals surface area contributed by atoms with Gasteiger partial charge in [-0.05, 0) is 56.1 Å². The Hall–Kier alpha value is -2.38. The van der Waals surface area contributed by atoms with E-state index in [4.69, 9.17) is 4.74 Å². The summed E-state index contributed by atoms with van der Waals surface area (Å²) in [6.45, 7) is 5.05. The molecule has 1 unspecified atom stereocenters. The van der Waals surface area contributed by atoms with Crippen molar-refractivity contribution < 1.29 is 23.8 Å². The fraction of sp³-hybridized carbons (Fsp3) is 0.682. The van der Waals surface area contributed by atoms with E-state index in [0.717, 1.165) is 49.4 Å². The Balaban J connectivity index is 1.87. The second-order valence-electron chi connectivity index (χ2n) is 8.64. The molecule has 0 radical (unpaired) electrons. The number of pyridine rings is 1. The van der Waals surface area contributed by atoms with Crippen LogP contribution in [0, 0.1) is 11.8 Å². The summed E-state index contributed by atoms with van der Waals surface area (Å²) in [6, 6.07) is 2.32. The topological polar surface area (TPSA) is 83.0 Å². The number of rotatable bonds is 11. The van der Waals surface area contributed by atoms with E-state index in [1.807, 2.05) is 19.9 Å². The minimum absolute atomic E-state index is 0.0453. The second-order valence-corrected chi connectivity index (χ2v) is 8.64. The van der Waals surface area contributed by atoms with Gasteiger partial charge in [0.25, 0.3) is 5.91 Å². The van der Waals surface area contributed by atoms with Crippen LogP contribution in [0.2, 0.25) is 0 Å². The Morgan fingerprint density at radius 1 is 1.30 bits per heavy atom. The molecule has 0 bridgehead atoms. The van der Waals surface area contributed by atoms with Crippen LogP contribution < -0.4 is 9.64 Å². The van der Waals surface area contributed by atoms with Crippen LogP contribution >= 0.6 is 0 Å². The number of halogens is 1. The number of anilines is 1. The standard InChI is InChI=1S/C22H32FN3O4/c1-15(2)13-19(22(28)29)26(12-9-23)21(27)17-7-8-18(25-10-3-4-11-25)20(24-17)30-14-16-5-6-16/h7-8,15-16,19H,3-6,9-14H2,1-2H3,(H,28,29). The highest BCUT2D eigenvalue weighted by Crippen LogP contribution is 2.34. The highest BCUT2D eigenvalue weighted by atomic mass is 19.1. The molecule has 0 aromatic carbocycles. The maximum atomic E-state index is 13.2. The van der Waals surface area contributed by atoms with Gasteiger partial charge in [0.15, 0.2) is 0 Å². The predicted octanol–water partition coefficient (Wildman–Crippen LogP) is 3.38. The number of hydrogen-bond acceptors (Lipinski definition) is 5. The van der Waals surface area contributed by atoms with Crippen LogP contribution in [0.1, 0.15) is 56.4 Å². The van der Waals surface area contributed by atoms with Crippen molar-refractivity contribution in [2.45, 2.75) is 52.0 Å². The summed E-state index contributed by atoms with van der Waals surface area (Å²) in [4.78, 5) is 32.7. The van der Waals surface area contributed by atoms with Crippen molar-refractivity contribution in [3.8, 4) is 5.88 Å². The second kappa shape index (κ2) is 10.1. The summed E-state index contributed by atoms with van der Waals surface area (Å²) in [5.74, 6) is -0.730. The van der Waals surface area contributed by atoms with E-state index < -0.39 is 24.6 Å². The van der Waals surface area contributed by atoms with Gasteiger partial charge in [-0.1, -0.05) is 13.8 Å². The summed E-state index contributed by atoms with van der Waals surface area (Å²) in [7, 11) is 0. The smallest absolute Gasteiger partial charge is 0.326 e. The highest BCUT2D eigenvalue weighted by Gasteiger charge is 2.32. The zero-order valence-electron chi connectivity index (χ0n) is 17.8. The lowest BCUT2D eigenvalue weighted by Crippen LogP contribution is -2.47. The zero-order chi connectivity index (χ0) is 21.7. The van der Waals surface area contributed by atoms with Crippen molar-refractivity contribution in [1.82, 2.24) is 9.88 Å². The molecule has 2 fully saturated rings. The third kappa shape index (κ3) is 5.61. The van der Waals surface area contributed by atoms with E-state index in [9.17, 15) is 19.1 Å². The van der Waals surface area contributed by atoms with Crippen LogP contribution in [0.15, 0.2) is 12.1 Å². The lowest BCUT2D eigenvalue weighted by atomic mass is 10.0. The molecule has 1 aromatic rings. The van der Waals surface area contributed by atoms with Crippen molar-refractivity contribution in [3.63, 3.8) is 0 Å². The van der Waals surface area contributed by atoms with E-state index in [1.54, 1.807) is 6.07 Å². The molecule has 7 nitrogen and oxygen atoms in total. The third-order valence-corrected chi connectivity index (χ3v) is 5.60. The summed E-state index contributed by atoms with van der Waals surface area (Å²) in [5.41, 5.74) is 0.950. The van der Waals surface area contributed by atoms with Gasteiger partial charge in [-0.3, -0.25) is 4.79 Å². The van der Waals surface area contributed by atoms with Gasteiger partial charge in [0.05, 0.1) is 18.8 Å². The number of alkyl halides is 1.